The van der Waals surface area contributed by atoms with Crippen LogP contribution in [0.3, 0.4) is 0 Å². The first-order chi connectivity index (χ1) is 5.24. The van der Waals surface area contributed by atoms with Crippen molar-refractivity contribution in [3.05, 3.63) is 29.8 Å². The number of anilines is 1. The highest BCUT2D eigenvalue weighted by Gasteiger charge is 1.93. The van der Waals surface area contributed by atoms with E-state index in [1.54, 1.807) is 7.05 Å². The Kier molecular flexibility index (Phi) is 4.05. The van der Waals surface area contributed by atoms with E-state index in [1.807, 2.05) is 31.2 Å². The second-order valence-electron chi connectivity index (χ2n) is 2.43. The third-order valence-electron chi connectivity index (χ3n) is 1.66. The lowest BCUT2D eigenvalue weighted by molar-refractivity contribution is 1.41. The summed E-state index contributed by atoms with van der Waals surface area (Å²) in [5.74, 6) is 0. The SMILES string of the molecule is C.CN=C(C)c1ccc(N)cc1. The molecule has 0 amide bonds. The van der Waals surface area contributed by atoms with Gasteiger partial charge >= 0.3 is 0 Å². The Morgan fingerprint density at radius 2 is 1.75 bits per heavy atom. The summed E-state index contributed by atoms with van der Waals surface area (Å²) in [6.45, 7) is 1.98. The molecular formula is C10H16N2. The van der Waals surface area contributed by atoms with Crippen molar-refractivity contribution in [2.24, 2.45) is 4.99 Å². The number of rotatable bonds is 1. The molecule has 0 bridgehead atoms. The molecule has 2 nitrogen and oxygen atoms in total. The van der Waals surface area contributed by atoms with Gasteiger partial charge in [0.25, 0.3) is 0 Å². The van der Waals surface area contributed by atoms with Gasteiger partial charge in [-0.2, -0.15) is 0 Å². The van der Waals surface area contributed by atoms with E-state index in [0.29, 0.717) is 0 Å². The number of aliphatic imine (C=N–C) groups is 1. The van der Waals surface area contributed by atoms with E-state index in [0.717, 1.165) is 17.0 Å². The van der Waals surface area contributed by atoms with Gasteiger partial charge in [-0.15, -0.1) is 0 Å². The Bertz CT molecular complexity index is 260. The third kappa shape index (κ3) is 2.38. The lowest BCUT2D eigenvalue weighted by Crippen LogP contribution is -1.94. The van der Waals surface area contributed by atoms with Crippen molar-refractivity contribution in [1.29, 1.82) is 0 Å². The fraction of sp³-hybridized carbons (Fsp3) is 0.300. The van der Waals surface area contributed by atoms with Crippen molar-refractivity contribution >= 4 is 11.4 Å². The predicted octanol–water partition coefficient (Wildman–Crippen LogP) is 2.34. The van der Waals surface area contributed by atoms with Crippen LogP contribution in [0.2, 0.25) is 0 Å². The largest absolute Gasteiger partial charge is 0.399 e. The first-order valence-electron chi connectivity index (χ1n) is 3.53. The van der Waals surface area contributed by atoms with E-state index >= 15 is 0 Å². The van der Waals surface area contributed by atoms with Crippen molar-refractivity contribution < 1.29 is 0 Å². The molecule has 2 N–H and O–H groups in total. The molecule has 0 aliphatic rings. The van der Waals surface area contributed by atoms with Crippen molar-refractivity contribution in [3.63, 3.8) is 0 Å². The zero-order valence-corrected chi connectivity index (χ0v) is 6.83. The minimum Gasteiger partial charge on any atom is -0.399 e. The van der Waals surface area contributed by atoms with Gasteiger partial charge < -0.3 is 5.73 Å². The van der Waals surface area contributed by atoms with Gasteiger partial charge in [-0.05, 0) is 24.6 Å². The molecule has 1 rings (SSSR count). The van der Waals surface area contributed by atoms with E-state index in [1.165, 1.54) is 0 Å². The summed E-state index contributed by atoms with van der Waals surface area (Å²) in [6.07, 6.45) is 0. The summed E-state index contributed by atoms with van der Waals surface area (Å²) < 4.78 is 0. The molecule has 12 heavy (non-hydrogen) atoms. The Morgan fingerprint density at radius 1 is 1.25 bits per heavy atom. The maximum absolute atomic E-state index is 5.53. The van der Waals surface area contributed by atoms with Crippen LogP contribution in [0, 0.1) is 0 Å². The molecule has 0 spiro atoms. The first kappa shape index (κ1) is 10.7. The van der Waals surface area contributed by atoms with Crippen LogP contribution >= 0.6 is 0 Å². The molecular weight excluding hydrogens is 148 g/mol. The summed E-state index contributed by atoms with van der Waals surface area (Å²) in [4.78, 5) is 4.06. The topological polar surface area (TPSA) is 38.4 Å². The minimum absolute atomic E-state index is 0. The molecule has 0 atom stereocenters. The number of nitrogens with zero attached hydrogens (tertiary/aromatic N) is 1. The predicted molar refractivity (Wildman–Crippen MR) is 55.7 cm³/mol. The highest BCUT2D eigenvalue weighted by Crippen LogP contribution is 2.05. The average molecular weight is 164 g/mol. The Hall–Kier alpha value is -1.31. The van der Waals surface area contributed by atoms with Crippen molar-refractivity contribution in [2.45, 2.75) is 14.4 Å². The lowest BCUT2D eigenvalue weighted by Gasteiger charge is -1.98. The third-order valence-corrected chi connectivity index (χ3v) is 1.66. The summed E-state index contributed by atoms with van der Waals surface area (Å²) in [5, 5.41) is 0. The number of benzene rings is 1. The van der Waals surface area contributed by atoms with Gasteiger partial charge in [0, 0.05) is 18.4 Å². The fourth-order valence-electron chi connectivity index (χ4n) is 0.853. The molecule has 0 aliphatic carbocycles. The van der Waals surface area contributed by atoms with Crippen LogP contribution in [0.5, 0.6) is 0 Å². The second kappa shape index (κ2) is 4.54. The molecule has 0 aliphatic heterocycles. The average Bonchev–Trinajstić information content (AvgIpc) is 2.05. The summed E-state index contributed by atoms with van der Waals surface area (Å²) in [7, 11) is 1.78. The summed E-state index contributed by atoms with van der Waals surface area (Å²) in [6, 6.07) is 7.70. The molecule has 2 heteroatoms. The van der Waals surface area contributed by atoms with E-state index in [2.05, 4.69) is 4.99 Å². The smallest absolute Gasteiger partial charge is 0.0386 e. The van der Waals surface area contributed by atoms with Gasteiger partial charge in [-0.25, -0.2) is 0 Å². The second-order valence-corrected chi connectivity index (χ2v) is 2.43. The molecule has 1 aromatic rings. The zero-order chi connectivity index (χ0) is 8.27. The monoisotopic (exact) mass is 164 g/mol. The van der Waals surface area contributed by atoms with E-state index < -0.39 is 0 Å². The van der Waals surface area contributed by atoms with Gasteiger partial charge in [0.15, 0.2) is 0 Å². The molecule has 0 heterocycles. The highest BCUT2D eigenvalue weighted by atomic mass is 14.7. The zero-order valence-electron chi connectivity index (χ0n) is 6.83. The van der Waals surface area contributed by atoms with Gasteiger partial charge in [0.2, 0.25) is 0 Å². The molecule has 1 aromatic carbocycles. The normalized spacial score (nSPS) is 10.7. The fourth-order valence-corrected chi connectivity index (χ4v) is 0.853. The molecule has 0 saturated heterocycles. The Morgan fingerprint density at radius 3 is 2.17 bits per heavy atom. The van der Waals surface area contributed by atoms with Gasteiger partial charge in [0.05, 0.1) is 0 Å². The maximum atomic E-state index is 5.53. The van der Waals surface area contributed by atoms with Crippen LogP contribution in [0.4, 0.5) is 5.69 Å². The van der Waals surface area contributed by atoms with Gasteiger partial charge in [0.1, 0.15) is 0 Å². The molecule has 0 unspecified atom stereocenters. The summed E-state index contributed by atoms with van der Waals surface area (Å²) in [5.41, 5.74) is 8.48. The quantitative estimate of drug-likeness (QED) is 0.502. The molecule has 0 fully saturated rings. The Balaban J connectivity index is 0.00000121. The van der Waals surface area contributed by atoms with Crippen LogP contribution in [0.15, 0.2) is 29.3 Å². The Labute approximate surface area is 74.1 Å². The van der Waals surface area contributed by atoms with E-state index in [-0.39, 0.29) is 7.43 Å². The highest BCUT2D eigenvalue weighted by molar-refractivity contribution is 5.98. The molecule has 0 aromatic heterocycles. The van der Waals surface area contributed by atoms with E-state index in [9.17, 15) is 0 Å². The van der Waals surface area contributed by atoms with Crippen LogP contribution in [-0.2, 0) is 0 Å². The number of nitrogen functional groups attached to an aromatic ring is 1. The lowest BCUT2D eigenvalue weighted by atomic mass is 10.1. The van der Waals surface area contributed by atoms with Gasteiger partial charge in [-0.3, -0.25) is 4.99 Å². The molecule has 0 saturated carbocycles. The molecule has 0 radical (unpaired) electrons. The number of hydrogen-bond donors (Lipinski definition) is 1. The summed E-state index contributed by atoms with van der Waals surface area (Å²) >= 11 is 0. The van der Waals surface area contributed by atoms with Gasteiger partial charge in [-0.1, -0.05) is 19.6 Å². The van der Waals surface area contributed by atoms with Crippen LogP contribution in [0.1, 0.15) is 19.9 Å². The number of nitrogens with two attached hydrogens (primary N) is 1. The van der Waals surface area contributed by atoms with Crippen LogP contribution in [0.25, 0.3) is 0 Å². The van der Waals surface area contributed by atoms with Crippen molar-refractivity contribution in [1.82, 2.24) is 0 Å². The van der Waals surface area contributed by atoms with Crippen molar-refractivity contribution in [3.8, 4) is 0 Å². The molecule has 66 valence electrons. The van der Waals surface area contributed by atoms with Crippen LogP contribution < -0.4 is 5.73 Å². The first-order valence-corrected chi connectivity index (χ1v) is 3.53. The minimum atomic E-state index is 0. The van der Waals surface area contributed by atoms with Crippen LogP contribution in [-0.4, -0.2) is 12.8 Å². The van der Waals surface area contributed by atoms with Crippen molar-refractivity contribution in [2.75, 3.05) is 12.8 Å². The standard InChI is InChI=1S/C9H12N2.CH4/c1-7(11-2)8-3-5-9(10)6-4-8;/h3-6H,10H2,1-2H3;1H4. The van der Waals surface area contributed by atoms with E-state index in [4.69, 9.17) is 5.73 Å². The maximum Gasteiger partial charge on any atom is 0.0386 e. The number of hydrogen-bond acceptors (Lipinski definition) is 2.